The number of hydrogen-bond acceptors (Lipinski definition) is 7. The summed E-state index contributed by atoms with van der Waals surface area (Å²) in [6.45, 7) is 10.8. The highest BCUT2D eigenvalue weighted by Crippen LogP contribution is 2.35. The Labute approximate surface area is 201 Å². The number of likely N-dealkylation sites (N-methyl/N-ethyl adjacent to an activating group) is 1. The molecule has 0 saturated carbocycles. The van der Waals surface area contributed by atoms with E-state index < -0.39 is 5.25 Å². The van der Waals surface area contributed by atoms with Crippen LogP contribution in [0.5, 0.6) is 5.75 Å². The summed E-state index contributed by atoms with van der Waals surface area (Å²) in [5, 5.41) is 3.57. The summed E-state index contributed by atoms with van der Waals surface area (Å²) in [4.78, 5) is 35.7. The van der Waals surface area contributed by atoms with Gasteiger partial charge in [0.15, 0.2) is 5.16 Å². The van der Waals surface area contributed by atoms with Gasteiger partial charge in [0, 0.05) is 30.6 Å². The smallest absolute Gasteiger partial charge is 0.267 e. The van der Waals surface area contributed by atoms with Crippen molar-refractivity contribution in [2.45, 2.75) is 37.2 Å². The van der Waals surface area contributed by atoms with E-state index >= 15 is 0 Å². The molecule has 0 fully saturated rings. The maximum Gasteiger partial charge on any atom is 0.267 e. The number of methoxy groups -OCH3 is 1. The average Bonchev–Trinajstić information content (AvgIpc) is 3.20. The lowest BCUT2D eigenvalue weighted by molar-refractivity contribution is -0.120. The lowest BCUT2D eigenvalue weighted by Gasteiger charge is -2.25. The van der Waals surface area contributed by atoms with Gasteiger partial charge in [-0.15, -0.1) is 17.9 Å². The first-order valence-electron chi connectivity index (χ1n) is 11.0. The van der Waals surface area contributed by atoms with E-state index in [9.17, 15) is 9.59 Å². The molecule has 1 aliphatic rings. The zero-order chi connectivity index (χ0) is 23.5. The molecule has 0 spiro atoms. The Morgan fingerprint density at radius 1 is 1.45 bits per heavy atom. The molecule has 0 saturated heterocycles. The molecule has 2 aromatic heterocycles. The van der Waals surface area contributed by atoms with E-state index in [2.05, 4.69) is 23.7 Å². The van der Waals surface area contributed by atoms with Gasteiger partial charge in [-0.05, 0) is 37.6 Å². The third-order valence-electron chi connectivity index (χ3n) is 5.75. The molecule has 1 amide bonds. The van der Waals surface area contributed by atoms with Gasteiger partial charge in [0.1, 0.15) is 10.6 Å². The molecule has 1 N–H and O–H groups in total. The summed E-state index contributed by atoms with van der Waals surface area (Å²) in [6, 6.07) is 7.37. The highest BCUT2D eigenvalue weighted by Gasteiger charge is 2.26. The molecule has 1 unspecified atom stereocenters. The second-order valence-electron chi connectivity index (χ2n) is 7.83. The number of amides is 1. The van der Waals surface area contributed by atoms with Gasteiger partial charge >= 0.3 is 0 Å². The fourth-order valence-corrected chi connectivity index (χ4v) is 6.19. The molecular weight excluding hydrogens is 456 g/mol. The van der Waals surface area contributed by atoms with Crippen LogP contribution in [0, 0.1) is 0 Å². The van der Waals surface area contributed by atoms with Crippen LogP contribution in [-0.4, -0.2) is 52.4 Å². The number of nitrogens with zero attached hydrogens (tertiary/aromatic N) is 3. The molecule has 4 rings (SSSR count). The van der Waals surface area contributed by atoms with Crippen LogP contribution < -0.4 is 15.6 Å². The number of ether oxygens (including phenoxy) is 1. The van der Waals surface area contributed by atoms with Crippen LogP contribution in [0.3, 0.4) is 0 Å². The van der Waals surface area contributed by atoms with Gasteiger partial charge in [0.05, 0.1) is 23.4 Å². The largest absolute Gasteiger partial charge is 0.497 e. The van der Waals surface area contributed by atoms with E-state index in [4.69, 9.17) is 9.72 Å². The van der Waals surface area contributed by atoms with Crippen molar-refractivity contribution in [3.05, 3.63) is 57.7 Å². The topological polar surface area (TPSA) is 76.5 Å². The zero-order valence-electron chi connectivity index (χ0n) is 19.1. The van der Waals surface area contributed by atoms with Gasteiger partial charge < -0.3 is 10.1 Å². The number of nitrogens with one attached hydrogen (secondary N) is 1. The summed E-state index contributed by atoms with van der Waals surface area (Å²) in [6.07, 6.45) is 2.48. The third-order valence-corrected chi connectivity index (χ3v) is 7.92. The van der Waals surface area contributed by atoms with Gasteiger partial charge in [0.25, 0.3) is 5.56 Å². The first kappa shape index (κ1) is 23.5. The fourth-order valence-electron chi connectivity index (χ4n) is 3.93. The lowest BCUT2D eigenvalue weighted by atomic mass is 10.1. The number of carbonyl (C=O) groups excluding carboxylic acids is 1. The minimum absolute atomic E-state index is 0.100. The van der Waals surface area contributed by atoms with Crippen LogP contribution in [0.15, 0.2) is 46.9 Å². The molecule has 7 nitrogen and oxygen atoms in total. The van der Waals surface area contributed by atoms with Crippen LogP contribution in [-0.2, 0) is 17.8 Å². The minimum atomic E-state index is -0.434. The molecule has 1 aliphatic heterocycles. The molecular formula is C24H28N4O3S2. The van der Waals surface area contributed by atoms with E-state index in [1.54, 1.807) is 29.1 Å². The van der Waals surface area contributed by atoms with Gasteiger partial charge in [-0.3, -0.25) is 19.1 Å². The Morgan fingerprint density at radius 3 is 3.00 bits per heavy atom. The number of hydrogen-bond donors (Lipinski definition) is 1. The van der Waals surface area contributed by atoms with Crippen LogP contribution >= 0.6 is 23.1 Å². The maximum atomic E-state index is 13.9. The molecule has 1 aromatic carbocycles. The number of fused-ring (bicyclic) bond motifs is 3. The molecule has 0 aliphatic carbocycles. The molecule has 174 valence electrons. The highest BCUT2D eigenvalue weighted by atomic mass is 32.2. The highest BCUT2D eigenvalue weighted by molar-refractivity contribution is 8.00. The summed E-state index contributed by atoms with van der Waals surface area (Å²) in [7, 11) is 1.60. The number of thioether (sulfide) groups is 1. The van der Waals surface area contributed by atoms with E-state index in [1.807, 2.05) is 31.2 Å². The van der Waals surface area contributed by atoms with E-state index in [-0.39, 0.29) is 11.5 Å². The zero-order valence-corrected chi connectivity index (χ0v) is 20.7. The molecule has 0 radical (unpaired) electrons. The van der Waals surface area contributed by atoms with E-state index in [1.165, 1.54) is 16.6 Å². The maximum absolute atomic E-state index is 13.9. The van der Waals surface area contributed by atoms with Crippen LogP contribution in [0.2, 0.25) is 0 Å². The average molecular weight is 485 g/mol. The first-order chi connectivity index (χ1) is 16.0. The summed E-state index contributed by atoms with van der Waals surface area (Å²) in [5.74, 6) is 0.522. The van der Waals surface area contributed by atoms with Gasteiger partial charge in [-0.1, -0.05) is 30.8 Å². The number of benzene rings is 1. The van der Waals surface area contributed by atoms with Crippen LogP contribution in [0.4, 0.5) is 0 Å². The van der Waals surface area contributed by atoms with Crippen LogP contribution in [0.1, 0.15) is 24.3 Å². The molecule has 33 heavy (non-hydrogen) atoms. The molecule has 1 atom stereocenters. The Morgan fingerprint density at radius 2 is 2.27 bits per heavy atom. The molecule has 3 aromatic rings. The molecule has 9 heteroatoms. The SMILES string of the molecule is C=CCNC(=O)C(C)Sc1nc2sc3c(c2c(=O)n1-c1cccc(OC)c1)CCN(CC)C3. The third kappa shape index (κ3) is 4.71. The summed E-state index contributed by atoms with van der Waals surface area (Å²) >= 11 is 2.87. The Kier molecular flexibility index (Phi) is 7.21. The van der Waals surface area contributed by atoms with Gasteiger partial charge in [-0.25, -0.2) is 4.98 Å². The van der Waals surface area contributed by atoms with Crippen molar-refractivity contribution in [3.63, 3.8) is 0 Å². The van der Waals surface area contributed by atoms with Crippen molar-refractivity contribution in [3.8, 4) is 11.4 Å². The van der Waals surface area contributed by atoms with E-state index in [0.717, 1.165) is 36.4 Å². The first-order valence-corrected chi connectivity index (χ1v) is 12.7. The van der Waals surface area contributed by atoms with Crippen molar-refractivity contribution in [1.29, 1.82) is 0 Å². The van der Waals surface area contributed by atoms with Gasteiger partial charge in [-0.2, -0.15) is 0 Å². The quantitative estimate of drug-likeness (QED) is 0.299. The van der Waals surface area contributed by atoms with Crippen LogP contribution in [0.25, 0.3) is 15.9 Å². The monoisotopic (exact) mass is 484 g/mol. The predicted molar refractivity (Wildman–Crippen MR) is 135 cm³/mol. The lowest BCUT2D eigenvalue weighted by Crippen LogP contribution is -2.32. The van der Waals surface area contributed by atoms with Gasteiger partial charge in [0.2, 0.25) is 5.91 Å². The number of rotatable bonds is 8. The molecule has 0 bridgehead atoms. The Balaban J connectivity index is 1.86. The Bertz CT molecular complexity index is 1250. The van der Waals surface area contributed by atoms with Crippen molar-refractivity contribution >= 4 is 39.2 Å². The predicted octanol–water partition coefficient (Wildman–Crippen LogP) is 3.62. The normalized spacial score (nSPS) is 14.6. The molecule has 3 heterocycles. The standard InChI is InChI=1S/C24H28N4O3S2/c1-5-11-25-21(29)15(3)32-24-26-22-20(18-10-12-27(6-2)14-19(18)33-22)23(30)28(24)16-8-7-9-17(13-16)31-4/h5,7-9,13,15H,1,6,10-12,14H2,2-4H3,(H,25,29). The fraction of sp³-hybridized carbons (Fsp3) is 0.375. The number of aromatic nitrogens is 2. The van der Waals surface area contributed by atoms with Crippen molar-refractivity contribution in [2.24, 2.45) is 0 Å². The summed E-state index contributed by atoms with van der Waals surface area (Å²) in [5.41, 5.74) is 1.68. The second-order valence-corrected chi connectivity index (χ2v) is 10.2. The Hall–Kier alpha value is -2.62. The number of thiophene rings is 1. The second kappa shape index (κ2) is 10.1. The summed E-state index contributed by atoms with van der Waals surface area (Å²) < 4.78 is 7.00. The van der Waals surface area contributed by atoms with E-state index in [0.29, 0.717) is 28.5 Å². The minimum Gasteiger partial charge on any atom is -0.497 e. The number of carbonyl (C=O) groups is 1. The van der Waals surface area contributed by atoms with Crippen molar-refractivity contribution < 1.29 is 9.53 Å². The van der Waals surface area contributed by atoms with Crippen molar-refractivity contribution in [1.82, 2.24) is 19.8 Å². The van der Waals surface area contributed by atoms with Crippen molar-refractivity contribution in [2.75, 3.05) is 26.7 Å².